The van der Waals surface area contributed by atoms with Gasteiger partial charge in [0.05, 0.1) is 7.11 Å². The van der Waals surface area contributed by atoms with Gasteiger partial charge >= 0.3 is 0 Å². The van der Waals surface area contributed by atoms with E-state index in [9.17, 15) is 5.11 Å². The molecule has 0 atom stereocenters. The van der Waals surface area contributed by atoms with Gasteiger partial charge in [0.1, 0.15) is 0 Å². The van der Waals surface area contributed by atoms with Crippen molar-refractivity contribution in [3.63, 3.8) is 0 Å². The number of ether oxygens (including phenoxy) is 1. The third-order valence-corrected chi connectivity index (χ3v) is 3.70. The molecule has 1 aromatic rings. The van der Waals surface area contributed by atoms with Crippen molar-refractivity contribution in [3.8, 4) is 11.5 Å². The maximum Gasteiger partial charge on any atom is 0.162 e. The summed E-state index contributed by atoms with van der Waals surface area (Å²) < 4.78 is 5.15. The van der Waals surface area contributed by atoms with Crippen molar-refractivity contribution in [3.05, 3.63) is 23.8 Å². The fourth-order valence-corrected chi connectivity index (χ4v) is 2.59. The molecule has 0 radical (unpaired) electrons. The molecule has 1 fully saturated rings. The van der Waals surface area contributed by atoms with Gasteiger partial charge in [0, 0.05) is 38.3 Å². The third-order valence-electron chi connectivity index (χ3n) is 3.70. The number of hydrogen-bond donors (Lipinski definition) is 1. The van der Waals surface area contributed by atoms with Crippen LogP contribution >= 0.6 is 0 Å². The van der Waals surface area contributed by atoms with Gasteiger partial charge < -0.3 is 14.7 Å². The molecular weight excluding hydrogens is 240 g/mol. The van der Waals surface area contributed by atoms with Gasteiger partial charge in [-0.05, 0) is 19.0 Å². The van der Waals surface area contributed by atoms with E-state index in [4.69, 9.17) is 4.74 Å². The highest BCUT2D eigenvalue weighted by atomic mass is 16.5. The van der Waals surface area contributed by atoms with Crippen molar-refractivity contribution in [1.82, 2.24) is 9.80 Å². The summed E-state index contributed by atoms with van der Waals surface area (Å²) in [6, 6.07) is 5.69. The summed E-state index contributed by atoms with van der Waals surface area (Å²) in [7, 11) is 1.59. The number of phenols is 1. The van der Waals surface area contributed by atoms with Crippen LogP contribution < -0.4 is 4.74 Å². The number of rotatable bonds is 5. The van der Waals surface area contributed by atoms with Gasteiger partial charge in [0.15, 0.2) is 11.5 Å². The molecule has 0 amide bonds. The van der Waals surface area contributed by atoms with Gasteiger partial charge in [-0.2, -0.15) is 0 Å². The average Bonchev–Trinajstić information content (AvgIpc) is 2.43. The monoisotopic (exact) mass is 264 g/mol. The van der Waals surface area contributed by atoms with E-state index in [1.165, 1.54) is 13.0 Å². The Hall–Kier alpha value is -1.26. The normalized spacial score (nSPS) is 17.6. The molecule has 1 aliphatic heterocycles. The molecule has 1 aromatic carbocycles. The Morgan fingerprint density at radius 2 is 1.84 bits per heavy atom. The van der Waals surface area contributed by atoms with Crippen LogP contribution in [0.15, 0.2) is 18.2 Å². The first kappa shape index (κ1) is 14.2. The minimum Gasteiger partial charge on any atom is -0.504 e. The highest BCUT2D eigenvalue weighted by Gasteiger charge is 2.18. The predicted molar refractivity (Wildman–Crippen MR) is 76.7 cm³/mol. The molecular formula is C15H24N2O2. The number of methoxy groups -OCH3 is 1. The molecule has 0 unspecified atom stereocenters. The molecule has 1 aliphatic rings. The second-order valence-corrected chi connectivity index (χ2v) is 5.09. The summed E-state index contributed by atoms with van der Waals surface area (Å²) in [5.74, 6) is 0.836. The second-order valence-electron chi connectivity index (χ2n) is 5.09. The summed E-state index contributed by atoms with van der Waals surface area (Å²) >= 11 is 0. The topological polar surface area (TPSA) is 35.9 Å². The molecule has 2 rings (SSSR count). The number of benzene rings is 1. The molecule has 1 N–H and O–H groups in total. The number of phenolic OH excluding ortho intramolecular Hbond substituents is 1. The third kappa shape index (κ3) is 3.61. The van der Waals surface area contributed by atoms with Gasteiger partial charge in [0.2, 0.25) is 0 Å². The van der Waals surface area contributed by atoms with Crippen LogP contribution in [-0.4, -0.2) is 54.7 Å². The number of para-hydroxylation sites is 1. The fraction of sp³-hybridized carbons (Fsp3) is 0.600. The summed E-state index contributed by atoms with van der Waals surface area (Å²) in [5.41, 5.74) is 0.947. The van der Waals surface area contributed by atoms with E-state index in [1.54, 1.807) is 13.2 Å². The Morgan fingerprint density at radius 3 is 2.47 bits per heavy atom. The Kier molecular flexibility index (Phi) is 5.05. The van der Waals surface area contributed by atoms with E-state index >= 15 is 0 Å². The van der Waals surface area contributed by atoms with Crippen molar-refractivity contribution >= 4 is 0 Å². The van der Waals surface area contributed by atoms with Crippen LogP contribution in [-0.2, 0) is 6.54 Å². The molecule has 0 aromatic heterocycles. The molecule has 1 saturated heterocycles. The molecule has 4 nitrogen and oxygen atoms in total. The van der Waals surface area contributed by atoms with Gasteiger partial charge in [0.25, 0.3) is 0 Å². The van der Waals surface area contributed by atoms with Crippen molar-refractivity contribution in [2.45, 2.75) is 19.9 Å². The number of nitrogens with zero attached hydrogens (tertiary/aromatic N) is 2. The van der Waals surface area contributed by atoms with Crippen molar-refractivity contribution in [1.29, 1.82) is 0 Å². The molecule has 19 heavy (non-hydrogen) atoms. The van der Waals surface area contributed by atoms with Crippen LogP contribution in [0.2, 0.25) is 0 Å². The van der Waals surface area contributed by atoms with Crippen LogP contribution in [0.3, 0.4) is 0 Å². The molecule has 0 spiro atoms. The number of hydrogen-bond acceptors (Lipinski definition) is 4. The maximum absolute atomic E-state index is 10.1. The molecule has 4 heteroatoms. The van der Waals surface area contributed by atoms with E-state index in [0.29, 0.717) is 5.75 Å². The molecule has 0 saturated carbocycles. The van der Waals surface area contributed by atoms with E-state index in [-0.39, 0.29) is 5.75 Å². The summed E-state index contributed by atoms with van der Waals surface area (Å²) in [5, 5.41) is 10.1. The highest BCUT2D eigenvalue weighted by molar-refractivity contribution is 5.45. The van der Waals surface area contributed by atoms with Gasteiger partial charge in [-0.3, -0.25) is 4.90 Å². The van der Waals surface area contributed by atoms with Crippen LogP contribution in [0.5, 0.6) is 11.5 Å². The van der Waals surface area contributed by atoms with E-state index in [1.807, 2.05) is 12.1 Å². The van der Waals surface area contributed by atoms with E-state index in [0.717, 1.165) is 38.3 Å². The smallest absolute Gasteiger partial charge is 0.162 e. The zero-order valence-corrected chi connectivity index (χ0v) is 11.9. The zero-order chi connectivity index (χ0) is 13.7. The lowest BCUT2D eigenvalue weighted by molar-refractivity contribution is 0.126. The number of piperazine rings is 1. The van der Waals surface area contributed by atoms with Crippen LogP contribution in [0, 0.1) is 0 Å². The SMILES string of the molecule is CCCN1CCN(Cc2cccc(OC)c2O)CC1. The van der Waals surface area contributed by atoms with Crippen LogP contribution in [0.4, 0.5) is 0 Å². The van der Waals surface area contributed by atoms with E-state index < -0.39 is 0 Å². The van der Waals surface area contributed by atoms with Crippen molar-refractivity contribution in [2.75, 3.05) is 39.8 Å². The Morgan fingerprint density at radius 1 is 1.16 bits per heavy atom. The van der Waals surface area contributed by atoms with E-state index in [2.05, 4.69) is 16.7 Å². The van der Waals surface area contributed by atoms with Gasteiger partial charge in [-0.1, -0.05) is 19.1 Å². The highest BCUT2D eigenvalue weighted by Crippen LogP contribution is 2.30. The predicted octanol–water partition coefficient (Wildman–Crippen LogP) is 1.93. The summed E-state index contributed by atoms with van der Waals surface area (Å²) in [6.07, 6.45) is 1.22. The fourth-order valence-electron chi connectivity index (χ4n) is 2.59. The van der Waals surface area contributed by atoms with Gasteiger partial charge in [-0.25, -0.2) is 0 Å². The first-order valence-electron chi connectivity index (χ1n) is 7.04. The lowest BCUT2D eigenvalue weighted by Gasteiger charge is -2.34. The first-order valence-corrected chi connectivity index (χ1v) is 7.04. The molecule has 0 bridgehead atoms. The van der Waals surface area contributed by atoms with Crippen molar-refractivity contribution < 1.29 is 9.84 Å². The first-order chi connectivity index (χ1) is 9.24. The Bertz CT molecular complexity index is 401. The molecule has 0 aliphatic carbocycles. The Labute approximate surface area is 115 Å². The molecule has 1 heterocycles. The van der Waals surface area contributed by atoms with Crippen molar-refractivity contribution in [2.24, 2.45) is 0 Å². The summed E-state index contributed by atoms with van der Waals surface area (Å²) in [4.78, 5) is 4.89. The quantitative estimate of drug-likeness (QED) is 0.881. The lowest BCUT2D eigenvalue weighted by atomic mass is 10.1. The summed E-state index contributed by atoms with van der Waals surface area (Å²) in [6.45, 7) is 8.59. The lowest BCUT2D eigenvalue weighted by Crippen LogP contribution is -2.45. The standard InChI is InChI=1S/C15H24N2O2/c1-3-7-16-8-10-17(11-9-16)12-13-5-4-6-14(19-2)15(13)18/h4-6,18H,3,7-12H2,1-2H3. The second kappa shape index (κ2) is 6.78. The average molecular weight is 264 g/mol. The van der Waals surface area contributed by atoms with Crippen LogP contribution in [0.1, 0.15) is 18.9 Å². The molecule has 106 valence electrons. The minimum absolute atomic E-state index is 0.279. The van der Waals surface area contributed by atoms with Gasteiger partial charge in [-0.15, -0.1) is 0 Å². The zero-order valence-electron chi connectivity index (χ0n) is 11.9. The Balaban J connectivity index is 1.92. The van der Waals surface area contributed by atoms with Crippen LogP contribution in [0.25, 0.3) is 0 Å². The largest absolute Gasteiger partial charge is 0.504 e. The maximum atomic E-state index is 10.1. The minimum atomic E-state index is 0.279. The number of aromatic hydroxyl groups is 1.